The number of benzene rings is 1. The van der Waals surface area contributed by atoms with Gasteiger partial charge in [0.2, 0.25) is 0 Å². The van der Waals surface area contributed by atoms with Crippen LogP contribution in [-0.2, 0) is 6.54 Å². The zero-order valence-corrected chi connectivity index (χ0v) is 13.2. The maximum absolute atomic E-state index is 6.39. The van der Waals surface area contributed by atoms with Crippen LogP contribution in [0.15, 0.2) is 48.7 Å². The fourth-order valence-electron chi connectivity index (χ4n) is 2.75. The second kappa shape index (κ2) is 7.34. The number of nitrogens with two attached hydrogens (primary N) is 1. The van der Waals surface area contributed by atoms with Crippen LogP contribution in [0, 0.1) is 6.92 Å². The van der Waals surface area contributed by atoms with Gasteiger partial charge >= 0.3 is 0 Å². The van der Waals surface area contributed by atoms with Gasteiger partial charge in [0.05, 0.1) is 5.69 Å². The number of rotatable bonds is 6. The van der Waals surface area contributed by atoms with E-state index in [4.69, 9.17) is 5.73 Å². The molecule has 0 radical (unpaired) electrons. The first-order chi connectivity index (χ1) is 10.1. The van der Waals surface area contributed by atoms with E-state index in [0.717, 1.165) is 18.7 Å². The fourth-order valence-corrected chi connectivity index (χ4v) is 2.75. The van der Waals surface area contributed by atoms with Gasteiger partial charge in [-0.15, -0.1) is 0 Å². The molecule has 0 amide bonds. The molecule has 2 atom stereocenters. The summed E-state index contributed by atoms with van der Waals surface area (Å²) in [7, 11) is 2.12. The van der Waals surface area contributed by atoms with Crippen LogP contribution in [-0.4, -0.2) is 23.0 Å². The summed E-state index contributed by atoms with van der Waals surface area (Å²) < 4.78 is 0. The molecule has 2 unspecified atom stereocenters. The lowest BCUT2D eigenvalue weighted by molar-refractivity contribution is 0.199. The third kappa shape index (κ3) is 4.13. The van der Waals surface area contributed by atoms with E-state index in [1.54, 1.807) is 0 Å². The molecule has 0 saturated heterocycles. The number of aryl methyl sites for hydroxylation is 1. The topological polar surface area (TPSA) is 42.1 Å². The third-order valence-electron chi connectivity index (χ3n) is 3.87. The van der Waals surface area contributed by atoms with E-state index in [9.17, 15) is 0 Å². The first-order valence-corrected chi connectivity index (χ1v) is 7.54. The Morgan fingerprint density at radius 3 is 2.62 bits per heavy atom. The van der Waals surface area contributed by atoms with E-state index in [-0.39, 0.29) is 12.1 Å². The lowest BCUT2D eigenvalue weighted by Gasteiger charge is -2.32. The zero-order valence-electron chi connectivity index (χ0n) is 13.2. The Morgan fingerprint density at radius 1 is 1.19 bits per heavy atom. The summed E-state index contributed by atoms with van der Waals surface area (Å²) in [5, 5.41) is 0. The van der Waals surface area contributed by atoms with E-state index in [1.165, 1.54) is 11.1 Å². The minimum Gasteiger partial charge on any atom is -0.326 e. The van der Waals surface area contributed by atoms with Gasteiger partial charge in [-0.3, -0.25) is 9.88 Å². The van der Waals surface area contributed by atoms with Gasteiger partial charge in [0, 0.05) is 24.8 Å². The molecule has 0 bridgehead atoms. The number of hydrogen-bond acceptors (Lipinski definition) is 3. The van der Waals surface area contributed by atoms with Gasteiger partial charge in [0.15, 0.2) is 0 Å². The van der Waals surface area contributed by atoms with Gasteiger partial charge in [-0.25, -0.2) is 0 Å². The van der Waals surface area contributed by atoms with Crippen molar-refractivity contribution in [2.24, 2.45) is 5.73 Å². The van der Waals surface area contributed by atoms with Crippen LogP contribution in [0.5, 0.6) is 0 Å². The Hall–Kier alpha value is -1.71. The summed E-state index contributed by atoms with van der Waals surface area (Å²) in [4.78, 5) is 6.71. The number of hydrogen-bond donors (Lipinski definition) is 1. The average Bonchev–Trinajstić information content (AvgIpc) is 2.48. The minimum atomic E-state index is 0.112. The maximum atomic E-state index is 6.39. The predicted octanol–water partition coefficient (Wildman–Crippen LogP) is 3.30. The van der Waals surface area contributed by atoms with Crippen LogP contribution in [0.4, 0.5) is 0 Å². The largest absolute Gasteiger partial charge is 0.326 e. The van der Waals surface area contributed by atoms with Crippen LogP contribution in [0.2, 0.25) is 0 Å². The molecule has 21 heavy (non-hydrogen) atoms. The molecule has 3 heteroatoms. The molecule has 1 aromatic carbocycles. The fraction of sp³-hybridized carbons (Fsp3) is 0.389. The second-order valence-electron chi connectivity index (χ2n) is 5.67. The summed E-state index contributed by atoms with van der Waals surface area (Å²) in [6.07, 6.45) is 2.79. The summed E-state index contributed by atoms with van der Waals surface area (Å²) in [6.45, 7) is 5.06. The number of nitrogens with zero attached hydrogens (tertiary/aromatic N) is 2. The summed E-state index contributed by atoms with van der Waals surface area (Å²) in [5.74, 6) is 0. The predicted molar refractivity (Wildman–Crippen MR) is 87.9 cm³/mol. The lowest BCUT2D eigenvalue weighted by atomic mass is 9.95. The standard InChI is InChI=1S/C18H25N3/c1-4-17(19)18(15-9-7-8-14(2)12-15)21(3)13-16-10-5-6-11-20-16/h5-12,17-18H,4,13,19H2,1-3H3. The van der Waals surface area contributed by atoms with E-state index < -0.39 is 0 Å². The van der Waals surface area contributed by atoms with Crippen molar-refractivity contribution < 1.29 is 0 Å². The molecule has 2 rings (SSSR count). The Morgan fingerprint density at radius 2 is 2.00 bits per heavy atom. The number of likely N-dealkylation sites (N-methyl/N-ethyl adjacent to an activating group) is 1. The molecule has 0 aliphatic heterocycles. The van der Waals surface area contributed by atoms with Crippen molar-refractivity contribution in [1.29, 1.82) is 0 Å². The molecule has 0 spiro atoms. The summed E-state index contributed by atoms with van der Waals surface area (Å²) >= 11 is 0. The van der Waals surface area contributed by atoms with Gasteiger partial charge in [0.1, 0.15) is 0 Å². The third-order valence-corrected chi connectivity index (χ3v) is 3.87. The molecule has 2 aromatic rings. The van der Waals surface area contributed by atoms with Crippen molar-refractivity contribution in [2.45, 2.75) is 38.9 Å². The summed E-state index contributed by atoms with van der Waals surface area (Å²) in [5.41, 5.74) is 10.0. The normalized spacial score (nSPS) is 14.1. The van der Waals surface area contributed by atoms with Crippen LogP contribution < -0.4 is 5.73 Å². The van der Waals surface area contributed by atoms with Crippen LogP contribution >= 0.6 is 0 Å². The minimum absolute atomic E-state index is 0.112. The molecular weight excluding hydrogens is 258 g/mol. The Kier molecular flexibility index (Phi) is 5.48. The quantitative estimate of drug-likeness (QED) is 0.884. The molecule has 0 aliphatic rings. The van der Waals surface area contributed by atoms with Gasteiger partial charge in [-0.1, -0.05) is 42.8 Å². The smallest absolute Gasteiger partial charge is 0.0544 e. The number of aromatic nitrogens is 1. The summed E-state index contributed by atoms with van der Waals surface area (Å²) in [6, 6.07) is 15.0. The molecule has 0 saturated carbocycles. The maximum Gasteiger partial charge on any atom is 0.0544 e. The number of pyridine rings is 1. The highest BCUT2D eigenvalue weighted by Gasteiger charge is 2.23. The highest BCUT2D eigenvalue weighted by molar-refractivity contribution is 5.26. The average molecular weight is 283 g/mol. The van der Waals surface area contributed by atoms with E-state index in [0.29, 0.717) is 0 Å². The van der Waals surface area contributed by atoms with Crippen LogP contribution in [0.1, 0.15) is 36.2 Å². The Balaban J connectivity index is 2.23. The van der Waals surface area contributed by atoms with Crippen molar-refractivity contribution in [1.82, 2.24) is 9.88 Å². The highest BCUT2D eigenvalue weighted by atomic mass is 15.2. The first-order valence-electron chi connectivity index (χ1n) is 7.54. The van der Waals surface area contributed by atoms with E-state index in [1.807, 2.05) is 18.3 Å². The van der Waals surface area contributed by atoms with Crippen molar-refractivity contribution in [3.63, 3.8) is 0 Å². The second-order valence-corrected chi connectivity index (χ2v) is 5.67. The monoisotopic (exact) mass is 283 g/mol. The molecule has 3 nitrogen and oxygen atoms in total. The van der Waals surface area contributed by atoms with E-state index >= 15 is 0 Å². The van der Waals surface area contributed by atoms with Crippen molar-refractivity contribution >= 4 is 0 Å². The lowest BCUT2D eigenvalue weighted by Crippen LogP contribution is -2.38. The van der Waals surface area contributed by atoms with Crippen LogP contribution in [0.3, 0.4) is 0 Å². The molecule has 2 N–H and O–H groups in total. The molecule has 0 fully saturated rings. The molecular formula is C18H25N3. The van der Waals surface area contributed by atoms with Crippen LogP contribution in [0.25, 0.3) is 0 Å². The highest BCUT2D eigenvalue weighted by Crippen LogP contribution is 2.25. The molecule has 1 aromatic heterocycles. The van der Waals surface area contributed by atoms with Gasteiger partial charge in [0.25, 0.3) is 0 Å². The molecule has 0 aliphatic carbocycles. The van der Waals surface area contributed by atoms with Gasteiger partial charge in [-0.05, 0) is 38.1 Å². The van der Waals surface area contributed by atoms with Gasteiger partial charge in [-0.2, -0.15) is 0 Å². The van der Waals surface area contributed by atoms with Crippen molar-refractivity contribution in [3.05, 3.63) is 65.5 Å². The SMILES string of the molecule is CCC(N)C(c1cccc(C)c1)N(C)Cc1ccccn1. The Labute approximate surface area is 127 Å². The van der Waals surface area contributed by atoms with Crippen molar-refractivity contribution in [2.75, 3.05) is 7.05 Å². The van der Waals surface area contributed by atoms with Crippen molar-refractivity contribution in [3.8, 4) is 0 Å². The first kappa shape index (κ1) is 15.7. The van der Waals surface area contributed by atoms with Gasteiger partial charge < -0.3 is 5.73 Å². The van der Waals surface area contributed by atoms with E-state index in [2.05, 4.69) is 61.1 Å². The Bertz CT molecular complexity index is 553. The molecule has 112 valence electrons. The zero-order chi connectivity index (χ0) is 15.2. The molecule has 1 heterocycles.